The SMILES string of the molecule is Oc1ccc(O)c(C2COC(c3ccccc3)O2)c1. The third-order valence-electron chi connectivity index (χ3n) is 3.12. The molecule has 1 aliphatic heterocycles. The van der Waals surface area contributed by atoms with E-state index < -0.39 is 6.29 Å². The molecule has 0 spiro atoms. The van der Waals surface area contributed by atoms with Gasteiger partial charge in [0, 0.05) is 11.1 Å². The molecular weight excluding hydrogens is 244 g/mol. The van der Waals surface area contributed by atoms with E-state index in [0.717, 1.165) is 5.56 Å². The third-order valence-corrected chi connectivity index (χ3v) is 3.12. The van der Waals surface area contributed by atoms with E-state index in [0.29, 0.717) is 12.2 Å². The Hall–Kier alpha value is -2.04. The van der Waals surface area contributed by atoms with Gasteiger partial charge in [0.05, 0.1) is 6.61 Å². The zero-order valence-electron chi connectivity index (χ0n) is 10.2. The van der Waals surface area contributed by atoms with Crippen LogP contribution in [0.15, 0.2) is 48.5 Å². The fourth-order valence-corrected chi connectivity index (χ4v) is 2.15. The molecule has 4 nitrogen and oxygen atoms in total. The van der Waals surface area contributed by atoms with Crippen LogP contribution in [0.4, 0.5) is 0 Å². The molecule has 2 atom stereocenters. The first-order valence-corrected chi connectivity index (χ1v) is 6.08. The lowest BCUT2D eigenvalue weighted by molar-refractivity contribution is -0.0610. The normalized spacial score (nSPS) is 22.5. The Labute approximate surface area is 110 Å². The predicted molar refractivity (Wildman–Crippen MR) is 68.7 cm³/mol. The molecule has 1 heterocycles. The van der Waals surface area contributed by atoms with Crippen LogP contribution in [-0.2, 0) is 9.47 Å². The predicted octanol–water partition coefficient (Wildman–Crippen LogP) is 2.88. The van der Waals surface area contributed by atoms with Gasteiger partial charge in [0.15, 0.2) is 6.29 Å². The number of phenols is 2. The molecule has 0 bridgehead atoms. The van der Waals surface area contributed by atoms with E-state index in [9.17, 15) is 10.2 Å². The lowest BCUT2D eigenvalue weighted by Crippen LogP contribution is -2.01. The molecule has 2 aromatic rings. The first-order valence-electron chi connectivity index (χ1n) is 6.08. The summed E-state index contributed by atoms with van der Waals surface area (Å²) in [4.78, 5) is 0. The van der Waals surface area contributed by atoms with Gasteiger partial charge in [-0.15, -0.1) is 0 Å². The zero-order chi connectivity index (χ0) is 13.2. The van der Waals surface area contributed by atoms with Gasteiger partial charge < -0.3 is 19.7 Å². The van der Waals surface area contributed by atoms with Crippen molar-refractivity contribution in [1.29, 1.82) is 0 Å². The molecule has 2 N–H and O–H groups in total. The van der Waals surface area contributed by atoms with Crippen LogP contribution in [0.3, 0.4) is 0 Å². The summed E-state index contributed by atoms with van der Waals surface area (Å²) in [7, 11) is 0. The number of hydrogen-bond donors (Lipinski definition) is 2. The third kappa shape index (κ3) is 2.41. The highest BCUT2D eigenvalue weighted by molar-refractivity contribution is 5.40. The minimum Gasteiger partial charge on any atom is -0.508 e. The summed E-state index contributed by atoms with van der Waals surface area (Å²) in [6, 6.07) is 14.0. The highest BCUT2D eigenvalue weighted by Crippen LogP contribution is 2.39. The zero-order valence-corrected chi connectivity index (χ0v) is 10.2. The number of rotatable bonds is 2. The molecule has 2 unspecified atom stereocenters. The van der Waals surface area contributed by atoms with E-state index in [1.165, 1.54) is 18.2 Å². The van der Waals surface area contributed by atoms with Crippen LogP contribution in [0.2, 0.25) is 0 Å². The van der Waals surface area contributed by atoms with Crippen molar-refractivity contribution in [3.8, 4) is 11.5 Å². The lowest BCUT2D eigenvalue weighted by atomic mass is 10.1. The second-order valence-corrected chi connectivity index (χ2v) is 4.44. The van der Waals surface area contributed by atoms with E-state index in [-0.39, 0.29) is 17.6 Å². The van der Waals surface area contributed by atoms with Crippen molar-refractivity contribution < 1.29 is 19.7 Å². The van der Waals surface area contributed by atoms with Crippen LogP contribution < -0.4 is 0 Å². The monoisotopic (exact) mass is 258 g/mol. The molecule has 0 amide bonds. The molecule has 1 fully saturated rings. The van der Waals surface area contributed by atoms with Crippen molar-refractivity contribution >= 4 is 0 Å². The van der Waals surface area contributed by atoms with Gasteiger partial charge in [-0.3, -0.25) is 0 Å². The molecule has 0 radical (unpaired) electrons. The summed E-state index contributed by atoms with van der Waals surface area (Å²) in [5.41, 5.74) is 1.48. The Morgan fingerprint density at radius 3 is 2.58 bits per heavy atom. The fraction of sp³-hybridized carbons (Fsp3) is 0.200. The summed E-state index contributed by atoms with van der Waals surface area (Å²) < 4.78 is 11.4. The Morgan fingerprint density at radius 1 is 1.00 bits per heavy atom. The number of hydrogen-bond acceptors (Lipinski definition) is 4. The van der Waals surface area contributed by atoms with E-state index in [1.807, 2.05) is 30.3 Å². The molecule has 0 aromatic heterocycles. The van der Waals surface area contributed by atoms with Gasteiger partial charge in [0.2, 0.25) is 0 Å². The van der Waals surface area contributed by atoms with Gasteiger partial charge in [-0.25, -0.2) is 0 Å². The average Bonchev–Trinajstić information content (AvgIpc) is 2.92. The largest absolute Gasteiger partial charge is 0.508 e. The molecule has 0 saturated carbocycles. The Morgan fingerprint density at radius 2 is 1.79 bits per heavy atom. The first kappa shape index (κ1) is 12.0. The number of benzene rings is 2. The minimum atomic E-state index is -0.437. The van der Waals surface area contributed by atoms with Gasteiger partial charge in [-0.05, 0) is 18.2 Å². The second kappa shape index (κ2) is 4.91. The van der Waals surface area contributed by atoms with Crippen molar-refractivity contribution in [1.82, 2.24) is 0 Å². The minimum absolute atomic E-state index is 0.0968. The number of phenolic OH excluding ortho intramolecular Hbond substituents is 2. The van der Waals surface area contributed by atoms with Crippen LogP contribution in [0.1, 0.15) is 23.5 Å². The highest BCUT2D eigenvalue weighted by Gasteiger charge is 2.30. The molecule has 98 valence electrons. The van der Waals surface area contributed by atoms with E-state index in [1.54, 1.807) is 0 Å². The number of aromatic hydroxyl groups is 2. The van der Waals surface area contributed by atoms with Crippen molar-refractivity contribution in [3.05, 3.63) is 59.7 Å². The molecule has 4 heteroatoms. The topological polar surface area (TPSA) is 58.9 Å². The quantitative estimate of drug-likeness (QED) is 0.813. The van der Waals surface area contributed by atoms with E-state index >= 15 is 0 Å². The van der Waals surface area contributed by atoms with Gasteiger partial charge in [-0.2, -0.15) is 0 Å². The van der Waals surface area contributed by atoms with Gasteiger partial charge in [0.1, 0.15) is 17.6 Å². The summed E-state index contributed by atoms with van der Waals surface area (Å²) in [5.74, 6) is 0.194. The van der Waals surface area contributed by atoms with Crippen molar-refractivity contribution in [2.45, 2.75) is 12.4 Å². The smallest absolute Gasteiger partial charge is 0.184 e. The molecule has 2 aromatic carbocycles. The molecule has 1 saturated heterocycles. The van der Waals surface area contributed by atoms with Crippen LogP contribution in [0, 0.1) is 0 Å². The maximum Gasteiger partial charge on any atom is 0.184 e. The van der Waals surface area contributed by atoms with Crippen LogP contribution in [-0.4, -0.2) is 16.8 Å². The standard InChI is InChI=1S/C15H14O4/c16-11-6-7-13(17)12(8-11)14-9-18-15(19-14)10-4-2-1-3-5-10/h1-8,14-17H,9H2. The summed E-state index contributed by atoms with van der Waals surface area (Å²) in [5, 5.41) is 19.3. The van der Waals surface area contributed by atoms with Crippen molar-refractivity contribution in [2.75, 3.05) is 6.61 Å². The molecule has 19 heavy (non-hydrogen) atoms. The highest BCUT2D eigenvalue weighted by atomic mass is 16.7. The average molecular weight is 258 g/mol. The van der Waals surface area contributed by atoms with Crippen molar-refractivity contribution in [2.24, 2.45) is 0 Å². The molecular formula is C15H14O4. The first-order chi connectivity index (χ1) is 9.24. The van der Waals surface area contributed by atoms with Gasteiger partial charge in [0.25, 0.3) is 0 Å². The number of ether oxygens (including phenoxy) is 2. The maximum atomic E-state index is 9.81. The molecule has 3 rings (SSSR count). The molecule has 0 aliphatic carbocycles. The lowest BCUT2D eigenvalue weighted by Gasteiger charge is -2.13. The summed E-state index contributed by atoms with van der Waals surface area (Å²) >= 11 is 0. The van der Waals surface area contributed by atoms with E-state index in [4.69, 9.17) is 9.47 Å². The molecule has 1 aliphatic rings. The van der Waals surface area contributed by atoms with Crippen LogP contribution in [0.25, 0.3) is 0 Å². The Balaban J connectivity index is 1.81. The summed E-state index contributed by atoms with van der Waals surface area (Å²) in [6.07, 6.45) is -0.815. The Bertz CT molecular complexity index is 568. The Kier molecular flexibility index (Phi) is 3.11. The van der Waals surface area contributed by atoms with Gasteiger partial charge >= 0.3 is 0 Å². The summed E-state index contributed by atoms with van der Waals surface area (Å²) in [6.45, 7) is 0.344. The van der Waals surface area contributed by atoms with Crippen molar-refractivity contribution in [3.63, 3.8) is 0 Å². The van der Waals surface area contributed by atoms with Gasteiger partial charge in [-0.1, -0.05) is 30.3 Å². The van der Waals surface area contributed by atoms with Crippen LogP contribution >= 0.6 is 0 Å². The maximum absolute atomic E-state index is 9.81. The second-order valence-electron chi connectivity index (χ2n) is 4.44. The van der Waals surface area contributed by atoms with E-state index in [2.05, 4.69) is 0 Å². The fourth-order valence-electron chi connectivity index (χ4n) is 2.15. The van der Waals surface area contributed by atoms with Crippen LogP contribution in [0.5, 0.6) is 11.5 Å².